The number of amides is 2. The van der Waals surface area contributed by atoms with Gasteiger partial charge in [-0.15, -0.1) is 12.3 Å². The Morgan fingerprint density at radius 3 is 2.46 bits per heavy atom. The van der Waals surface area contributed by atoms with Crippen LogP contribution < -0.4 is 10.6 Å². The Bertz CT molecular complexity index is 220. The fourth-order valence-electron chi connectivity index (χ4n) is 0.594. The average Bonchev–Trinajstić information content (AvgIpc) is 2.04. The smallest absolute Gasteiger partial charge is 0.314 e. The monoisotopic (exact) mass is 184 g/mol. The SMILES string of the molecule is C#CCCNC(=O)NCCC(=O)O. The van der Waals surface area contributed by atoms with Crippen LogP contribution in [0.3, 0.4) is 0 Å². The molecule has 0 fully saturated rings. The van der Waals surface area contributed by atoms with Gasteiger partial charge in [0.25, 0.3) is 0 Å². The molecule has 13 heavy (non-hydrogen) atoms. The predicted octanol–water partition coefficient (Wildman–Crippen LogP) is -0.216. The van der Waals surface area contributed by atoms with Gasteiger partial charge in [0.15, 0.2) is 0 Å². The quantitative estimate of drug-likeness (QED) is 0.408. The van der Waals surface area contributed by atoms with Gasteiger partial charge in [-0.05, 0) is 0 Å². The molecule has 0 saturated carbocycles. The molecular formula is C8H12N2O3. The minimum atomic E-state index is -0.941. The molecule has 0 heterocycles. The number of carboxylic acids is 1. The lowest BCUT2D eigenvalue weighted by molar-refractivity contribution is -0.136. The van der Waals surface area contributed by atoms with Crippen molar-refractivity contribution >= 4 is 12.0 Å². The number of hydrogen-bond donors (Lipinski definition) is 3. The molecule has 0 saturated heterocycles. The molecule has 0 aliphatic carbocycles. The van der Waals surface area contributed by atoms with Gasteiger partial charge in [-0.2, -0.15) is 0 Å². The number of terminal acetylenes is 1. The fraction of sp³-hybridized carbons (Fsp3) is 0.500. The Hall–Kier alpha value is -1.70. The molecule has 2 amide bonds. The summed E-state index contributed by atoms with van der Waals surface area (Å²) in [5, 5.41) is 13.1. The van der Waals surface area contributed by atoms with E-state index in [2.05, 4.69) is 16.6 Å². The van der Waals surface area contributed by atoms with Crippen molar-refractivity contribution in [1.29, 1.82) is 0 Å². The standard InChI is InChI=1S/C8H12N2O3/c1-2-3-5-9-8(13)10-6-4-7(11)12/h1H,3-6H2,(H,11,12)(H2,9,10,13). The van der Waals surface area contributed by atoms with Crippen molar-refractivity contribution < 1.29 is 14.7 Å². The highest BCUT2D eigenvalue weighted by Gasteiger charge is 1.99. The summed E-state index contributed by atoms with van der Waals surface area (Å²) in [4.78, 5) is 20.9. The van der Waals surface area contributed by atoms with Crippen LogP contribution in [0, 0.1) is 12.3 Å². The van der Waals surface area contributed by atoms with Gasteiger partial charge < -0.3 is 15.7 Å². The second-order valence-electron chi connectivity index (χ2n) is 2.28. The van der Waals surface area contributed by atoms with Crippen LogP contribution in [0.4, 0.5) is 4.79 Å². The number of carbonyl (C=O) groups excluding carboxylic acids is 1. The number of aliphatic carboxylic acids is 1. The Morgan fingerprint density at radius 1 is 1.31 bits per heavy atom. The van der Waals surface area contributed by atoms with Gasteiger partial charge in [0.2, 0.25) is 0 Å². The third-order valence-corrected chi connectivity index (χ3v) is 1.18. The summed E-state index contributed by atoms with van der Waals surface area (Å²) in [7, 11) is 0. The van der Waals surface area contributed by atoms with Gasteiger partial charge in [-0.1, -0.05) is 0 Å². The van der Waals surface area contributed by atoms with Crippen molar-refractivity contribution in [1.82, 2.24) is 10.6 Å². The summed E-state index contributed by atoms with van der Waals surface area (Å²) < 4.78 is 0. The zero-order valence-corrected chi connectivity index (χ0v) is 7.17. The lowest BCUT2D eigenvalue weighted by Gasteiger charge is -2.03. The van der Waals surface area contributed by atoms with E-state index in [1.807, 2.05) is 0 Å². The Morgan fingerprint density at radius 2 is 1.92 bits per heavy atom. The van der Waals surface area contributed by atoms with E-state index in [0.717, 1.165) is 0 Å². The van der Waals surface area contributed by atoms with E-state index in [9.17, 15) is 9.59 Å². The number of hydrogen-bond acceptors (Lipinski definition) is 2. The van der Waals surface area contributed by atoms with Crippen LogP contribution >= 0.6 is 0 Å². The van der Waals surface area contributed by atoms with Crippen LogP contribution in [-0.2, 0) is 4.79 Å². The lowest BCUT2D eigenvalue weighted by atomic mass is 10.4. The first-order chi connectivity index (χ1) is 6.16. The van der Waals surface area contributed by atoms with E-state index in [0.29, 0.717) is 13.0 Å². The van der Waals surface area contributed by atoms with Crippen molar-refractivity contribution in [2.45, 2.75) is 12.8 Å². The van der Waals surface area contributed by atoms with E-state index in [1.54, 1.807) is 0 Å². The van der Waals surface area contributed by atoms with E-state index in [4.69, 9.17) is 11.5 Å². The van der Waals surface area contributed by atoms with Gasteiger partial charge in [0.05, 0.1) is 6.42 Å². The lowest BCUT2D eigenvalue weighted by Crippen LogP contribution is -2.36. The molecule has 0 atom stereocenters. The summed E-state index contributed by atoms with van der Waals surface area (Å²) in [6.07, 6.45) is 5.34. The van der Waals surface area contributed by atoms with Crippen LogP contribution in [0.25, 0.3) is 0 Å². The van der Waals surface area contributed by atoms with Crippen LogP contribution in [0.5, 0.6) is 0 Å². The van der Waals surface area contributed by atoms with Crippen molar-refractivity contribution in [2.75, 3.05) is 13.1 Å². The van der Waals surface area contributed by atoms with E-state index in [-0.39, 0.29) is 13.0 Å². The topological polar surface area (TPSA) is 78.4 Å². The van der Waals surface area contributed by atoms with Crippen LogP contribution in [0.15, 0.2) is 0 Å². The summed E-state index contributed by atoms with van der Waals surface area (Å²) in [6, 6.07) is -0.392. The first kappa shape index (κ1) is 11.3. The maximum absolute atomic E-state index is 10.8. The molecule has 72 valence electrons. The van der Waals surface area contributed by atoms with E-state index in [1.165, 1.54) is 0 Å². The van der Waals surface area contributed by atoms with E-state index >= 15 is 0 Å². The molecule has 0 aromatic heterocycles. The zero-order valence-electron chi connectivity index (χ0n) is 7.17. The van der Waals surface area contributed by atoms with Crippen molar-refractivity contribution in [3.8, 4) is 12.3 Å². The highest BCUT2D eigenvalue weighted by Crippen LogP contribution is 1.76. The number of nitrogens with one attached hydrogen (secondary N) is 2. The largest absolute Gasteiger partial charge is 0.481 e. The van der Waals surface area contributed by atoms with Gasteiger partial charge in [0.1, 0.15) is 0 Å². The van der Waals surface area contributed by atoms with Crippen LogP contribution in [-0.4, -0.2) is 30.2 Å². The Labute approximate surface area is 76.5 Å². The second-order valence-corrected chi connectivity index (χ2v) is 2.28. The van der Waals surface area contributed by atoms with Gasteiger partial charge >= 0.3 is 12.0 Å². The summed E-state index contributed by atoms with van der Waals surface area (Å²) in [5.41, 5.74) is 0. The van der Waals surface area contributed by atoms with Gasteiger partial charge in [-0.3, -0.25) is 4.79 Å². The number of carboxylic acid groups (broad SMARTS) is 1. The molecule has 0 aromatic carbocycles. The van der Waals surface area contributed by atoms with Crippen LogP contribution in [0.2, 0.25) is 0 Å². The molecule has 0 unspecified atom stereocenters. The first-order valence-electron chi connectivity index (χ1n) is 3.83. The highest BCUT2D eigenvalue weighted by atomic mass is 16.4. The molecule has 0 aliphatic rings. The molecule has 0 spiro atoms. The number of urea groups is 1. The fourth-order valence-corrected chi connectivity index (χ4v) is 0.594. The molecule has 0 rings (SSSR count). The van der Waals surface area contributed by atoms with E-state index < -0.39 is 12.0 Å². The molecule has 5 nitrogen and oxygen atoms in total. The minimum absolute atomic E-state index is 0.0808. The maximum atomic E-state index is 10.8. The van der Waals surface area contributed by atoms with Crippen molar-refractivity contribution in [2.24, 2.45) is 0 Å². The third kappa shape index (κ3) is 8.20. The molecule has 3 N–H and O–H groups in total. The summed E-state index contributed by atoms with van der Waals surface area (Å²) in [6.45, 7) is 0.520. The average molecular weight is 184 g/mol. The molecular weight excluding hydrogens is 172 g/mol. The molecule has 0 radical (unpaired) electrons. The molecule has 0 aromatic rings. The zero-order chi connectivity index (χ0) is 10.1. The summed E-state index contributed by atoms with van der Waals surface area (Å²) in [5.74, 6) is 1.42. The normalized spacial score (nSPS) is 8.54. The van der Waals surface area contributed by atoms with Crippen LogP contribution in [0.1, 0.15) is 12.8 Å². The second kappa shape index (κ2) is 6.98. The van der Waals surface area contributed by atoms with Crippen molar-refractivity contribution in [3.05, 3.63) is 0 Å². The van der Waals surface area contributed by atoms with Gasteiger partial charge in [0, 0.05) is 19.5 Å². The molecule has 5 heteroatoms. The molecule has 0 bridgehead atoms. The number of carbonyl (C=O) groups is 2. The Kier molecular flexibility index (Phi) is 6.06. The predicted molar refractivity (Wildman–Crippen MR) is 47.1 cm³/mol. The summed E-state index contributed by atoms with van der Waals surface area (Å²) >= 11 is 0. The minimum Gasteiger partial charge on any atom is -0.481 e. The van der Waals surface area contributed by atoms with Crippen molar-refractivity contribution in [3.63, 3.8) is 0 Å². The molecule has 0 aliphatic heterocycles. The maximum Gasteiger partial charge on any atom is 0.314 e. The highest BCUT2D eigenvalue weighted by molar-refractivity contribution is 5.74. The van der Waals surface area contributed by atoms with Gasteiger partial charge in [-0.25, -0.2) is 4.79 Å². The number of rotatable bonds is 5. The first-order valence-corrected chi connectivity index (χ1v) is 3.83. The Balaban J connectivity index is 3.31. The third-order valence-electron chi connectivity index (χ3n) is 1.18.